The number of aromatic nitrogens is 3. The fraction of sp³-hybridized carbons (Fsp3) is 0.591. The number of rotatable bonds is 7. The lowest BCUT2D eigenvalue weighted by Crippen LogP contribution is -2.40. The van der Waals surface area contributed by atoms with Crippen molar-refractivity contribution in [1.29, 1.82) is 0 Å². The van der Waals surface area contributed by atoms with Gasteiger partial charge in [0.15, 0.2) is 0 Å². The predicted molar refractivity (Wildman–Crippen MR) is 110 cm³/mol. The van der Waals surface area contributed by atoms with Crippen LogP contribution in [0.2, 0.25) is 0 Å². The number of hydrogen-bond donors (Lipinski definition) is 0. The molecular weight excluding hydrogens is 366 g/mol. The molecular formula is C22H31N5O2. The topological polar surface area (TPSA) is 63.5 Å². The Morgan fingerprint density at radius 3 is 2.93 bits per heavy atom. The summed E-state index contributed by atoms with van der Waals surface area (Å²) in [6.07, 6.45) is 8.62. The molecule has 0 aromatic carbocycles. The largest absolute Gasteiger partial charge is 0.383 e. The summed E-state index contributed by atoms with van der Waals surface area (Å²) < 4.78 is 7.35. The number of carbonyl (C=O) groups is 1. The van der Waals surface area contributed by atoms with Crippen molar-refractivity contribution in [2.75, 3.05) is 39.9 Å². The molecule has 29 heavy (non-hydrogen) atoms. The van der Waals surface area contributed by atoms with Crippen molar-refractivity contribution >= 4 is 5.91 Å². The minimum Gasteiger partial charge on any atom is -0.383 e. The Morgan fingerprint density at radius 1 is 1.38 bits per heavy atom. The molecule has 2 aromatic rings. The third kappa shape index (κ3) is 3.81. The van der Waals surface area contributed by atoms with Crippen molar-refractivity contribution in [2.24, 2.45) is 5.41 Å². The molecule has 4 heterocycles. The maximum atomic E-state index is 13.6. The molecule has 0 radical (unpaired) electrons. The van der Waals surface area contributed by atoms with Crippen molar-refractivity contribution in [3.05, 3.63) is 48.3 Å². The molecule has 156 valence electrons. The molecule has 7 heteroatoms. The highest BCUT2D eigenvalue weighted by molar-refractivity contribution is 5.86. The van der Waals surface area contributed by atoms with E-state index < -0.39 is 5.41 Å². The van der Waals surface area contributed by atoms with Crippen LogP contribution < -0.4 is 0 Å². The Morgan fingerprint density at radius 2 is 2.24 bits per heavy atom. The minimum absolute atomic E-state index is 0.110. The van der Waals surface area contributed by atoms with E-state index in [0.29, 0.717) is 19.2 Å². The van der Waals surface area contributed by atoms with Crippen LogP contribution in [0.5, 0.6) is 0 Å². The number of likely N-dealkylation sites (tertiary alicyclic amines) is 2. The number of amides is 1. The normalized spacial score (nSPS) is 25.0. The molecule has 0 saturated carbocycles. The summed E-state index contributed by atoms with van der Waals surface area (Å²) in [5, 5.41) is 0. The Kier molecular flexibility index (Phi) is 5.69. The van der Waals surface area contributed by atoms with E-state index in [1.54, 1.807) is 13.3 Å². The highest BCUT2D eigenvalue weighted by Crippen LogP contribution is 2.49. The van der Waals surface area contributed by atoms with Gasteiger partial charge in [-0.05, 0) is 31.9 Å². The van der Waals surface area contributed by atoms with E-state index in [9.17, 15) is 4.79 Å². The molecule has 0 unspecified atom stereocenters. The maximum absolute atomic E-state index is 13.6. The molecule has 0 bridgehead atoms. The Bertz CT molecular complexity index is 837. The first-order valence-corrected chi connectivity index (χ1v) is 10.5. The average molecular weight is 398 g/mol. The van der Waals surface area contributed by atoms with Gasteiger partial charge in [-0.15, -0.1) is 0 Å². The zero-order valence-corrected chi connectivity index (χ0v) is 17.6. The molecule has 7 nitrogen and oxygen atoms in total. The molecule has 2 atom stereocenters. The Hall–Kier alpha value is -2.25. The van der Waals surface area contributed by atoms with Gasteiger partial charge >= 0.3 is 0 Å². The van der Waals surface area contributed by atoms with Crippen LogP contribution in [0.1, 0.15) is 43.5 Å². The minimum atomic E-state index is -0.397. The zero-order valence-electron chi connectivity index (χ0n) is 17.6. The second-order valence-corrected chi connectivity index (χ2v) is 8.61. The number of pyridine rings is 1. The van der Waals surface area contributed by atoms with E-state index in [0.717, 1.165) is 38.3 Å². The van der Waals surface area contributed by atoms with E-state index in [1.807, 2.05) is 23.5 Å². The van der Waals surface area contributed by atoms with Crippen molar-refractivity contribution < 1.29 is 9.53 Å². The van der Waals surface area contributed by atoms with E-state index in [-0.39, 0.29) is 11.8 Å². The highest BCUT2D eigenvalue weighted by atomic mass is 16.5. The smallest absolute Gasteiger partial charge is 0.230 e. The lowest BCUT2D eigenvalue weighted by Gasteiger charge is -2.28. The lowest BCUT2D eigenvalue weighted by atomic mass is 9.75. The second-order valence-electron chi connectivity index (χ2n) is 8.61. The van der Waals surface area contributed by atoms with Crippen molar-refractivity contribution in [2.45, 2.75) is 38.8 Å². The van der Waals surface area contributed by atoms with Gasteiger partial charge < -0.3 is 14.2 Å². The van der Waals surface area contributed by atoms with Crippen LogP contribution in [-0.2, 0) is 16.1 Å². The van der Waals surface area contributed by atoms with Gasteiger partial charge in [-0.25, -0.2) is 4.98 Å². The second kappa shape index (κ2) is 8.24. The summed E-state index contributed by atoms with van der Waals surface area (Å²) in [5.41, 5.74) is 1.82. The third-order valence-electron chi connectivity index (χ3n) is 6.42. The first-order chi connectivity index (χ1) is 14.0. The summed E-state index contributed by atoms with van der Waals surface area (Å²) >= 11 is 0. The van der Waals surface area contributed by atoms with Crippen LogP contribution >= 0.6 is 0 Å². The molecule has 4 rings (SSSR count). The quantitative estimate of drug-likeness (QED) is 0.718. The van der Waals surface area contributed by atoms with E-state index >= 15 is 0 Å². The van der Waals surface area contributed by atoms with Crippen molar-refractivity contribution in [3.8, 4) is 0 Å². The molecule has 0 N–H and O–H groups in total. The van der Waals surface area contributed by atoms with Crippen LogP contribution in [0.3, 0.4) is 0 Å². The van der Waals surface area contributed by atoms with Gasteiger partial charge in [0.05, 0.1) is 24.0 Å². The van der Waals surface area contributed by atoms with Gasteiger partial charge in [-0.3, -0.25) is 14.7 Å². The van der Waals surface area contributed by atoms with Crippen LogP contribution in [-0.4, -0.2) is 70.1 Å². The molecule has 2 saturated heterocycles. The number of nitrogens with zero attached hydrogens (tertiary/aromatic N) is 5. The monoisotopic (exact) mass is 397 g/mol. The van der Waals surface area contributed by atoms with Crippen LogP contribution in [0.15, 0.2) is 37.1 Å². The van der Waals surface area contributed by atoms with Gasteiger partial charge in [0, 0.05) is 70.4 Å². The van der Waals surface area contributed by atoms with Gasteiger partial charge in [0.25, 0.3) is 0 Å². The first-order valence-electron chi connectivity index (χ1n) is 10.5. The molecule has 1 spiro atoms. The Balaban J connectivity index is 1.61. The molecule has 2 fully saturated rings. The van der Waals surface area contributed by atoms with Crippen LogP contribution in [0, 0.1) is 5.41 Å². The van der Waals surface area contributed by atoms with Gasteiger partial charge in [0.2, 0.25) is 5.91 Å². The first kappa shape index (κ1) is 20.0. The van der Waals surface area contributed by atoms with Crippen molar-refractivity contribution in [3.63, 3.8) is 0 Å². The highest BCUT2D eigenvalue weighted by Gasteiger charge is 2.57. The number of carbonyl (C=O) groups excluding carboxylic acids is 1. The van der Waals surface area contributed by atoms with E-state index in [4.69, 9.17) is 9.72 Å². The standard InChI is InChI=1S/C22H31N5O2/c1-17(2)27-14-20(24-16-27)19-13-25(12-18-5-4-7-23-11-18)15-22(19)6-8-26(21(22)28)9-10-29-3/h4-5,7,11,14,16-17,19H,6,8-10,12-13,15H2,1-3H3/t19-,22+/m0/s1. The number of imidazole rings is 1. The zero-order chi connectivity index (χ0) is 20.4. The summed E-state index contributed by atoms with van der Waals surface area (Å²) in [6, 6.07) is 4.43. The fourth-order valence-electron chi connectivity index (χ4n) is 4.81. The molecule has 0 aliphatic carbocycles. The predicted octanol–water partition coefficient (Wildman–Crippen LogP) is 2.32. The SMILES string of the molecule is COCCN1CC[C@]2(CN(Cc3cccnc3)C[C@H]2c2cn(C(C)C)cn2)C1=O. The summed E-state index contributed by atoms with van der Waals surface area (Å²) in [4.78, 5) is 26.9. The van der Waals surface area contributed by atoms with Gasteiger partial charge in [0.1, 0.15) is 0 Å². The van der Waals surface area contributed by atoms with Gasteiger partial charge in [-0.2, -0.15) is 0 Å². The van der Waals surface area contributed by atoms with Crippen LogP contribution in [0.4, 0.5) is 0 Å². The molecule has 1 amide bonds. The molecule has 2 aliphatic heterocycles. The fourth-order valence-corrected chi connectivity index (χ4v) is 4.81. The number of ether oxygens (including phenoxy) is 1. The number of methoxy groups -OCH3 is 1. The molecule has 2 aliphatic rings. The third-order valence-corrected chi connectivity index (χ3v) is 6.42. The number of hydrogen-bond acceptors (Lipinski definition) is 5. The summed E-state index contributed by atoms with van der Waals surface area (Å²) in [7, 11) is 1.68. The van der Waals surface area contributed by atoms with Crippen LogP contribution in [0.25, 0.3) is 0 Å². The summed E-state index contributed by atoms with van der Waals surface area (Å²) in [6.45, 7) is 8.75. The van der Waals surface area contributed by atoms with E-state index in [1.165, 1.54) is 5.56 Å². The Labute approximate surface area is 172 Å². The summed E-state index contributed by atoms with van der Waals surface area (Å²) in [5.74, 6) is 0.367. The molecule has 2 aromatic heterocycles. The lowest BCUT2D eigenvalue weighted by molar-refractivity contribution is -0.136. The maximum Gasteiger partial charge on any atom is 0.230 e. The van der Waals surface area contributed by atoms with Crippen molar-refractivity contribution in [1.82, 2.24) is 24.3 Å². The average Bonchev–Trinajstić information content (AvgIpc) is 3.41. The van der Waals surface area contributed by atoms with Gasteiger partial charge in [-0.1, -0.05) is 6.07 Å². The van der Waals surface area contributed by atoms with E-state index in [2.05, 4.69) is 40.6 Å².